The highest BCUT2D eigenvalue weighted by Crippen LogP contribution is 2.24. The van der Waals surface area contributed by atoms with Crippen LogP contribution in [-0.4, -0.2) is 18.2 Å². The van der Waals surface area contributed by atoms with Crippen LogP contribution in [0.25, 0.3) is 0 Å². The van der Waals surface area contributed by atoms with E-state index in [0.29, 0.717) is 0 Å². The summed E-state index contributed by atoms with van der Waals surface area (Å²) in [6.45, 7) is 0. The predicted octanol–water partition coefficient (Wildman–Crippen LogP) is 2.13. The zero-order valence-corrected chi connectivity index (χ0v) is 8.04. The van der Waals surface area contributed by atoms with Crippen molar-refractivity contribution in [3.8, 4) is 0 Å². The summed E-state index contributed by atoms with van der Waals surface area (Å²) < 4.78 is 30.8. The molecule has 1 aromatic carbocycles. The minimum Gasteiger partial charge on any atom is -0.481 e. The number of carboxylic acid groups (broad SMARTS) is 1. The third-order valence-electron chi connectivity index (χ3n) is 1.95. The van der Waals surface area contributed by atoms with E-state index in [1.54, 1.807) is 0 Å². The first-order valence-corrected chi connectivity index (χ1v) is 4.24. The lowest BCUT2D eigenvalue weighted by molar-refractivity contribution is -0.139. The summed E-state index contributed by atoms with van der Waals surface area (Å²) in [4.78, 5) is 10.4. The average Bonchev–Trinajstić information content (AvgIpc) is 2.18. The molecule has 0 saturated carbocycles. The van der Waals surface area contributed by atoms with Crippen LogP contribution in [-0.2, 0) is 9.53 Å². The van der Waals surface area contributed by atoms with Gasteiger partial charge in [0.2, 0.25) is 0 Å². The van der Waals surface area contributed by atoms with Crippen LogP contribution in [0.5, 0.6) is 0 Å². The molecule has 3 nitrogen and oxygen atoms in total. The number of rotatable bonds is 4. The van der Waals surface area contributed by atoms with Gasteiger partial charge in [0, 0.05) is 12.7 Å². The van der Waals surface area contributed by atoms with Gasteiger partial charge in [0.15, 0.2) is 0 Å². The molecular formula is C10H10F2O3. The molecule has 0 heterocycles. The largest absolute Gasteiger partial charge is 0.481 e. The highest BCUT2D eigenvalue weighted by molar-refractivity contribution is 5.67. The van der Waals surface area contributed by atoms with E-state index in [1.807, 2.05) is 0 Å². The first kappa shape index (κ1) is 11.6. The highest BCUT2D eigenvalue weighted by atomic mass is 19.1. The van der Waals surface area contributed by atoms with Gasteiger partial charge in [-0.05, 0) is 18.2 Å². The molecule has 0 aromatic heterocycles. The normalized spacial score (nSPS) is 12.5. The molecule has 1 unspecified atom stereocenters. The van der Waals surface area contributed by atoms with Crippen LogP contribution in [0.2, 0.25) is 0 Å². The molecule has 0 spiro atoms. The van der Waals surface area contributed by atoms with Gasteiger partial charge >= 0.3 is 5.97 Å². The Labute approximate surface area is 85.3 Å². The Hall–Kier alpha value is -1.49. The Balaban J connectivity index is 3.00. The predicted molar refractivity (Wildman–Crippen MR) is 48.4 cm³/mol. The fraction of sp³-hybridized carbons (Fsp3) is 0.300. The van der Waals surface area contributed by atoms with E-state index in [4.69, 9.17) is 9.84 Å². The molecule has 1 atom stereocenters. The number of aliphatic carboxylic acids is 1. The molecule has 5 heteroatoms. The van der Waals surface area contributed by atoms with Crippen LogP contribution in [0.3, 0.4) is 0 Å². The molecule has 0 aliphatic heterocycles. The van der Waals surface area contributed by atoms with E-state index in [1.165, 1.54) is 7.11 Å². The second-order valence-electron chi connectivity index (χ2n) is 2.99. The standard InChI is InChI=1S/C10H10F2O3/c1-15-9(5-10(13)14)7-4-6(11)2-3-8(7)12/h2-4,9H,5H2,1H3,(H,13,14). The Kier molecular flexibility index (Phi) is 3.74. The number of carboxylic acids is 1. The van der Waals surface area contributed by atoms with Gasteiger partial charge in [0.05, 0.1) is 12.5 Å². The van der Waals surface area contributed by atoms with Crippen molar-refractivity contribution >= 4 is 5.97 Å². The van der Waals surface area contributed by atoms with E-state index in [2.05, 4.69) is 0 Å². The van der Waals surface area contributed by atoms with E-state index in [0.717, 1.165) is 18.2 Å². The van der Waals surface area contributed by atoms with Crippen LogP contribution in [0.4, 0.5) is 8.78 Å². The van der Waals surface area contributed by atoms with Crippen LogP contribution in [0.1, 0.15) is 18.1 Å². The number of carbonyl (C=O) groups is 1. The van der Waals surface area contributed by atoms with Gasteiger partial charge in [0.1, 0.15) is 11.6 Å². The minimum atomic E-state index is -1.13. The van der Waals surface area contributed by atoms with Crippen molar-refractivity contribution in [2.75, 3.05) is 7.11 Å². The lowest BCUT2D eigenvalue weighted by Crippen LogP contribution is -2.10. The van der Waals surface area contributed by atoms with Crippen LogP contribution >= 0.6 is 0 Å². The quantitative estimate of drug-likeness (QED) is 0.838. The van der Waals surface area contributed by atoms with E-state index >= 15 is 0 Å². The molecule has 1 rings (SSSR count). The summed E-state index contributed by atoms with van der Waals surface area (Å²) in [6.07, 6.45) is -1.38. The molecule has 0 fully saturated rings. The smallest absolute Gasteiger partial charge is 0.306 e. The number of ether oxygens (including phenoxy) is 1. The number of hydrogen-bond acceptors (Lipinski definition) is 2. The van der Waals surface area contributed by atoms with Crippen molar-refractivity contribution in [2.24, 2.45) is 0 Å². The molecule has 0 radical (unpaired) electrons. The summed E-state index contributed by atoms with van der Waals surface area (Å²) >= 11 is 0. The lowest BCUT2D eigenvalue weighted by Gasteiger charge is -2.14. The molecule has 0 aliphatic rings. The Morgan fingerprint density at radius 1 is 1.53 bits per heavy atom. The van der Waals surface area contributed by atoms with Crippen molar-refractivity contribution in [1.29, 1.82) is 0 Å². The van der Waals surface area contributed by atoms with Crippen molar-refractivity contribution in [3.63, 3.8) is 0 Å². The van der Waals surface area contributed by atoms with Gasteiger partial charge < -0.3 is 9.84 Å². The number of benzene rings is 1. The SMILES string of the molecule is COC(CC(=O)O)c1cc(F)ccc1F. The van der Waals surface area contributed by atoms with Gasteiger partial charge in [-0.25, -0.2) is 8.78 Å². The number of methoxy groups -OCH3 is 1. The minimum absolute atomic E-state index is 0.0834. The third-order valence-corrected chi connectivity index (χ3v) is 1.95. The summed E-state index contributed by atoms with van der Waals surface area (Å²) in [5.41, 5.74) is -0.0834. The third kappa shape index (κ3) is 2.99. The van der Waals surface area contributed by atoms with E-state index in [-0.39, 0.29) is 5.56 Å². The van der Waals surface area contributed by atoms with Crippen molar-refractivity contribution in [3.05, 3.63) is 35.4 Å². The molecule has 82 valence electrons. The van der Waals surface area contributed by atoms with Crippen molar-refractivity contribution < 1.29 is 23.4 Å². The van der Waals surface area contributed by atoms with E-state index < -0.39 is 30.1 Å². The zero-order valence-electron chi connectivity index (χ0n) is 8.04. The second-order valence-corrected chi connectivity index (χ2v) is 2.99. The summed E-state index contributed by atoms with van der Waals surface area (Å²) in [5, 5.41) is 8.54. The maximum Gasteiger partial charge on any atom is 0.306 e. The monoisotopic (exact) mass is 216 g/mol. The maximum atomic E-state index is 13.2. The molecule has 1 aromatic rings. The molecule has 0 bridgehead atoms. The molecule has 0 aliphatic carbocycles. The molecule has 0 saturated heterocycles. The topological polar surface area (TPSA) is 46.5 Å². The second kappa shape index (κ2) is 4.84. The Bertz CT molecular complexity index is 366. The number of hydrogen-bond donors (Lipinski definition) is 1. The summed E-state index contributed by atoms with van der Waals surface area (Å²) in [5.74, 6) is -2.44. The van der Waals surface area contributed by atoms with Crippen molar-refractivity contribution in [1.82, 2.24) is 0 Å². The van der Waals surface area contributed by atoms with Crippen molar-refractivity contribution in [2.45, 2.75) is 12.5 Å². The van der Waals surface area contributed by atoms with Gasteiger partial charge in [-0.15, -0.1) is 0 Å². The fourth-order valence-electron chi connectivity index (χ4n) is 1.24. The maximum absolute atomic E-state index is 13.2. The zero-order chi connectivity index (χ0) is 11.4. The summed E-state index contributed by atoms with van der Waals surface area (Å²) in [7, 11) is 1.25. The van der Waals surface area contributed by atoms with E-state index in [9.17, 15) is 13.6 Å². The Morgan fingerprint density at radius 2 is 2.20 bits per heavy atom. The van der Waals surface area contributed by atoms with Gasteiger partial charge in [0.25, 0.3) is 0 Å². The molecule has 0 amide bonds. The first-order chi connectivity index (χ1) is 7.04. The van der Waals surface area contributed by atoms with Crippen LogP contribution in [0, 0.1) is 11.6 Å². The van der Waals surface area contributed by atoms with Crippen LogP contribution in [0.15, 0.2) is 18.2 Å². The molecule has 1 N–H and O–H groups in total. The van der Waals surface area contributed by atoms with Gasteiger partial charge in [-0.1, -0.05) is 0 Å². The highest BCUT2D eigenvalue weighted by Gasteiger charge is 2.19. The molecular weight excluding hydrogens is 206 g/mol. The lowest BCUT2D eigenvalue weighted by atomic mass is 10.1. The average molecular weight is 216 g/mol. The Morgan fingerprint density at radius 3 is 2.73 bits per heavy atom. The van der Waals surface area contributed by atoms with Crippen LogP contribution < -0.4 is 0 Å². The first-order valence-electron chi connectivity index (χ1n) is 4.24. The fourth-order valence-corrected chi connectivity index (χ4v) is 1.24. The van der Waals surface area contributed by atoms with Gasteiger partial charge in [-0.2, -0.15) is 0 Å². The number of halogens is 2. The summed E-state index contributed by atoms with van der Waals surface area (Å²) in [6, 6.07) is 2.84. The molecule has 15 heavy (non-hydrogen) atoms. The van der Waals surface area contributed by atoms with Gasteiger partial charge in [-0.3, -0.25) is 4.79 Å².